The van der Waals surface area contributed by atoms with Crippen molar-refractivity contribution in [1.29, 1.82) is 0 Å². The summed E-state index contributed by atoms with van der Waals surface area (Å²) >= 11 is 0. The van der Waals surface area contributed by atoms with Crippen LogP contribution in [0.2, 0.25) is 0 Å². The first-order chi connectivity index (χ1) is 8.12. The molecule has 1 saturated heterocycles. The van der Waals surface area contributed by atoms with Crippen LogP contribution in [0, 0.1) is 0 Å². The number of rotatable bonds is 5. The van der Waals surface area contributed by atoms with Crippen molar-refractivity contribution in [2.75, 3.05) is 17.9 Å². The molecule has 1 aliphatic heterocycles. The van der Waals surface area contributed by atoms with E-state index in [0.717, 1.165) is 19.1 Å². The van der Waals surface area contributed by atoms with Crippen LogP contribution >= 0.6 is 0 Å². The maximum atomic E-state index is 12.1. The minimum absolute atomic E-state index is 0.287. The number of nitrogens with zero attached hydrogens (tertiary/aromatic N) is 1. The Hall–Kier alpha value is -0.180. The fraction of sp³-hybridized carbons (Fsp3) is 1.00. The van der Waals surface area contributed by atoms with E-state index in [0.29, 0.717) is 19.4 Å². The van der Waals surface area contributed by atoms with E-state index in [1.165, 1.54) is 4.31 Å². The fourth-order valence-corrected chi connectivity index (χ4v) is 6.07. The number of aliphatic hydroxyl groups is 1. The summed E-state index contributed by atoms with van der Waals surface area (Å²) in [5.41, 5.74) is 0. The van der Waals surface area contributed by atoms with Gasteiger partial charge in [-0.15, -0.1) is 0 Å². The third-order valence-electron chi connectivity index (χ3n) is 2.91. The van der Waals surface area contributed by atoms with Crippen molar-refractivity contribution in [3.63, 3.8) is 0 Å². The molecule has 0 aromatic carbocycles. The Kier molecular flexibility index (Phi) is 5.16. The first kappa shape index (κ1) is 15.9. The van der Waals surface area contributed by atoms with Crippen molar-refractivity contribution in [2.24, 2.45) is 0 Å². The molecule has 0 spiro atoms. The van der Waals surface area contributed by atoms with E-state index in [9.17, 15) is 21.9 Å². The molecule has 1 fully saturated rings. The van der Waals surface area contributed by atoms with Crippen LogP contribution in [0.3, 0.4) is 0 Å². The van der Waals surface area contributed by atoms with Crippen LogP contribution in [-0.2, 0) is 19.9 Å². The van der Waals surface area contributed by atoms with E-state index in [-0.39, 0.29) is 6.04 Å². The third-order valence-corrected chi connectivity index (χ3v) is 7.01. The van der Waals surface area contributed by atoms with E-state index in [4.69, 9.17) is 0 Å². The van der Waals surface area contributed by atoms with Crippen LogP contribution in [0.5, 0.6) is 0 Å². The molecule has 108 valence electrons. The van der Waals surface area contributed by atoms with Crippen LogP contribution in [0.25, 0.3) is 0 Å². The number of aliphatic hydroxyl groups excluding tert-OH is 1. The summed E-state index contributed by atoms with van der Waals surface area (Å²) in [5.74, 6) is 0. The van der Waals surface area contributed by atoms with Gasteiger partial charge in [0.15, 0.2) is 14.9 Å². The van der Waals surface area contributed by atoms with Gasteiger partial charge in [0.05, 0.1) is 6.10 Å². The van der Waals surface area contributed by atoms with Gasteiger partial charge >= 0.3 is 0 Å². The summed E-state index contributed by atoms with van der Waals surface area (Å²) in [6.07, 6.45) is 2.99. The average Bonchev–Trinajstić information content (AvgIpc) is 2.13. The second-order valence-corrected chi connectivity index (χ2v) is 9.43. The molecule has 0 aromatic heterocycles. The monoisotopic (exact) mass is 299 g/mol. The summed E-state index contributed by atoms with van der Waals surface area (Å²) in [6.45, 7) is 1.95. The molecular formula is C10H21NO5S2. The predicted octanol–water partition coefficient (Wildman–Crippen LogP) is -0.0563. The molecule has 18 heavy (non-hydrogen) atoms. The van der Waals surface area contributed by atoms with Crippen molar-refractivity contribution >= 4 is 19.9 Å². The molecular weight excluding hydrogens is 278 g/mol. The maximum Gasteiger partial charge on any atom is 0.228 e. The van der Waals surface area contributed by atoms with Crippen molar-refractivity contribution < 1.29 is 21.9 Å². The molecule has 2 atom stereocenters. The lowest BCUT2D eigenvalue weighted by atomic mass is 10.00. The minimum Gasteiger partial charge on any atom is -0.393 e. The van der Waals surface area contributed by atoms with Crippen LogP contribution < -0.4 is 0 Å². The van der Waals surface area contributed by atoms with Gasteiger partial charge in [0, 0.05) is 18.8 Å². The van der Waals surface area contributed by atoms with Gasteiger partial charge in [-0.1, -0.05) is 6.42 Å². The van der Waals surface area contributed by atoms with Crippen molar-refractivity contribution in [3.8, 4) is 0 Å². The minimum atomic E-state index is -3.80. The Morgan fingerprint density at radius 1 is 1.28 bits per heavy atom. The van der Waals surface area contributed by atoms with Crippen LogP contribution in [0.4, 0.5) is 0 Å². The zero-order chi connectivity index (χ0) is 14.0. The molecule has 0 aromatic rings. The first-order valence-electron chi connectivity index (χ1n) is 5.97. The number of hydrogen-bond donors (Lipinski definition) is 1. The Balaban J connectivity index is 2.89. The summed E-state index contributed by atoms with van der Waals surface area (Å²) in [7, 11) is -7.38. The Morgan fingerprint density at radius 3 is 2.39 bits per heavy atom. The maximum absolute atomic E-state index is 12.1. The normalized spacial score (nSPS) is 24.9. The Morgan fingerprint density at radius 2 is 1.89 bits per heavy atom. The number of hydrogen-bond acceptors (Lipinski definition) is 5. The molecule has 2 unspecified atom stereocenters. The average molecular weight is 299 g/mol. The van der Waals surface area contributed by atoms with Crippen molar-refractivity contribution in [1.82, 2.24) is 4.31 Å². The van der Waals surface area contributed by atoms with E-state index >= 15 is 0 Å². The molecule has 0 radical (unpaired) electrons. The highest BCUT2D eigenvalue weighted by atomic mass is 32.3. The van der Waals surface area contributed by atoms with Gasteiger partial charge in [0.2, 0.25) is 10.0 Å². The molecule has 0 saturated carbocycles. The fourth-order valence-electron chi connectivity index (χ4n) is 2.31. The van der Waals surface area contributed by atoms with Gasteiger partial charge in [-0.2, -0.15) is 4.31 Å². The van der Waals surface area contributed by atoms with Gasteiger partial charge in [-0.05, 0) is 26.2 Å². The standard InChI is InChI=1S/C10H21NO5S2/c1-9(12)7-10-5-3-4-6-11(10)18(15,16)8-17(2,13)14/h9-10,12H,3-8H2,1-2H3. The highest BCUT2D eigenvalue weighted by molar-refractivity contribution is 8.06. The quantitative estimate of drug-likeness (QED) is 0.768. The van der Waals surface area contributed by atoms with Gasteiger partial charge in [0.25, 0.3) is 0 Å². The highest BCUT2D eigenvalue weighted by Gasteiger charge is 2.34. The van der Waals surface area contributed by atoms with E-state index in [1.54, 1.807) is 6.92 Å². The Labute approximate surface area is 109 Å². The third kappa shape index (κ3) is 4.83. The number of sulfonamides is 1. The summed E-state index contributed by atoms with van der Waals surface area (Å²) in [4.78, 5) is 0. The molecule has 6 nitrogen and oxygen atoms in total. The van der Waals surface area contributed by atoms with Crippen molar-refractivity contribution in [2.45, 2.75) is 44.8 Å². The van der Waals surface area contributed by atoms with E-state index < -0.39 is 31.0 Å². The zero-order valence-electron chi connectivity index (χ0n) is 10.7. The van der Waals surface area contributed by atoms with Gasteiger partial charge in [-0.3, -0.25) is 0 Å². The van der Waals surface area contributed by atoms with Gasteiger partial charge < -0.3 is 5.11 Å². The largest absolute Gasteiger partial charge is 0.393 e. The molecule has 1 rings (SSSR count). The summed E-state index contributed by atoms with van der Waals surface area (Å²) < 4.78 is 47.7. The smallest absolute Gasteiger partial charge is 0.228 e. The Bertz CT molecular complexity index is 468. The molecule has 8 heteroatoms. The molecule has 0 bridgehead atoms. The van der Waals surface area contributed by atoms with Crippen LogP contribution in [-0.4, -0.2) is 56.3 Å². The lowest BCUT2D eigenvalue weighted by Crippen LogP contribution is -2.46. The molecule has 1 aliphatic rings. The van der Waals surface area contributed by atoms with Crippen molar-refractivity contribution in [3.05, 3.63) is 0 Å². The predicted molar refractivity (Wildman–Crippen MR) is 69.3 cm³/mol. The van der Waals surface area contributed by atoms with Crippen LogP contribution in [0.15, 0.2) is 0 Å². The topological polar surface area (TPSA) is 91.8 Å². The molecule has 1 N–H and O–H groups in total. The molecule has 1 heterocycles. The second kappa shape index (κ2) is 5.85. The van der Waals surface area contributed by atoms with E-state index in [2.05, 4.69) is 0 Å². The summed E-state index contributed by atoms with van der Waals surface area (Å²) in [5, 5.41) is 8.53. The van der Waals surface area contributed by atoms with Gasteiger partial charge in [0.1, 0.15) is 0 Å². The second-order valence-electron chi connectivity index (χ2n) is 5.00. The first-order valence-corrected chi connectivity index (χ1v) is 9.64. The number of piperidine rings is 1. The lowest BCUT2D eigenvalue weighted by molar-refractivity contribution is 0.132. The highest BCUT2D eigenvalue weighted by Crippen LogP contribution is 2.24. The molecule has 0 aliphatic carbocycles. The summed E-state index contributed by atoms with van der Waals surface area (Å²) in [6, 6.07) is -0.287. The zero-order valence-corrected chi connectivity index (χ0v) is 12.4. The lowest BCUT2D eigenvalue weighted by Gasteiger charge is -2.35. The van der Waals surface area contributed by atoms with Gasteiger partial charge in [-0.25, -0.2) is 16.8 Å². The SMILES string of the molecule is CC(O)CC1CCCCN1S(=O)(=O)CS(C)(=O)=O. The number of sulfone groups is 1. The van der Waals surface area contributed by atoms with E-state index in [1.807, 2.05) is 0 Å². The molecule has 0 amide bonds. The van der Waals surface area contributed by atoms with Crippen LogP contribution in [0.1, 0.15) is 32.6 Å².